The summed E-state index contributed by atoms with van der Waals surface area (Å²) in [6.45, 7) is 4.99. The highest BCUT2D eigenvalue weighted by Crippen LogP contribution is 2.57. The van der Waals surface area contributed by atoms with Gasteiger partial charge in [-0.05, 0) is 25.2 Å². The molecule has 3 fully saturated rings. The van der Waals surface area contributed by atoms with Crippen LogP contribution in [0.1, 0.15) is 40.5 Å². The molecule has 7 heteroatoms. The van der Waals surface area contributed by atoms with Crippen LogP contribution in [0.4, 0.5) is 13.2 Å². The summed E-state index contributed by atoms with van der Waals surface area (Å²) in [7, 11) is 0. The Balaban J connectivity index is 1.83. The van der Waals surface area contributed by atoms with Crippen LogP contribution in [0.5, 0.6) is 0 Å². The van der Waals surface area contributed by atoms with Crippen molar-refractivity contribution in [2.24, 2.45) is 28.6 Å². The molecule has 1 heterocycles. The van der Waals surface area contributed by atoms with E-state index in [0.717, 1.165) is 6.92 Å². The minimum absolute atomic E-state index is 0.0166. The lowest BCUT2D eigenvalue weighted by Crippen LogP contribution is -2.54. The van der Waals surface area contributed by atoms with Crippen LogP contribution in [-0.2, 0) is 19.1 Å². The van der Waals surface area contributed by atoms with Gasteiger partial charge in [-0.25, -0.2) is 0 Å². The van der Waals surface area contributed by atoms with Gasteiger partial charge in [0.1, 0.15) is 12.2 Å². The van der Waals surface area contributed by atoms with Crippen LogP contribution >= 0.6 is 0 Å². The SMILES string of the molecule is CC(C)(C)C(C)(C(=O)OC1C2CC3C(=O)OC1C3C2)C(F)(F)F. The zero-order chi connectivity index (χ0) is 17.4. The second kappa shape index (κ2) is 4.63. The third-order valence-corrected chi connectivity index (χ3v) is 6.13. The molecule has 0 radical (unpaired) electrons. The van der Waals surface area contributed by atoms with Gasteiger partial charge in [0, 0.05) is 11.8 Å². The number of esters is 2. The fourth-order valence-electron chi connectivity index (χ4n) is 4.15. The lowest BCUT2D eigenvalue weighted by Gasteiger charge is -2.41. The summed E-state index contributed by atoms with van der Waals surface area (Å²) >= 11 is 0. The Hall–Kier alpha value is -1.27. The van der Waals surface area contributed by atoms with E-state index in [-0.39, 0.29) is 23.7 Å². The zero-order valence-corrected chi connectivity index (χ0v) is 13.6. The Morgan fingerprint density at radius 1 is 1.17 bits per heavy atom. The van der Waals surface area contributed by atoms with Gasteiger partial charge >= 0.3 is 18.1 Å². The number of ether oxygens (including phenoxy) is 2. The average Bonchev–Trinajstić information content (AvgIpc) is 2.99. The summed E-state index contributed by atoms with van der Waals surface area (Å²) in [5.41, 5.74) is -3.97. The van der Waals surface area contributed by atoms with E-state index >= 15 is 0 Å². The molecule has 0 N–H and O–H groups in total. The van der Waals surface area contributed by atoms with Crippen molar-refractivity contribution in [2.75, 3.05) is 0 Å². The summed E-state index contributed by atoms with van der Waals surface area (Å²) in [5.74, 6) is -1.86. The quantitative estimate of drug-likeness (QED) is 0.728. The topological polar surface area (TPSA) is 52.6 Å². The van der Waals surface area contributed by atoms with Crippen molar-refractivity contribution in [1.82, 2.24) is 0 Å². The maximum atomic E-state index is 13.6. The van der Waals surface area contributed by atoms with Crippen LogP contribution in [0.3, 0.4) is 0 Å². The fraction of sp³-hybridized carbons (Fsp3) is 0.875. The molecule has 0 spiro atoms. The normalized spacial score (nSPS) is 38.4. The summed E-state index contributed by atoms with van der Waals surface area (Å²) < 4.78 is 51.3. The predicted molar refractivity (Wildman–Crippen MR) is 73.1 cm³/mol. The van der Waals surface area contributed by atoms with Gasteiger partial charge in [0.25, 0.3) is 0 Å². The molecule has 6 atom stereocenters. The Morgan fingerprint density at radius 2 is 1.78 bits per heavy atom. The molecule has 0 aromatic rings. The van der Waals surface area contributed by atoms with E-state index < -0.39 is 35.2 Å². The van der Waals surface area contributed by atoms with Crippen molar-refractivity contribution in [3.05, 3.63) is 0 Å². The predicted octanol–water partition coefficient (Wildman–Crippen LogP) is 3.09. The van der Waals surface area contributed by atoms with Gasteiger partial charge in [0.05, 0.1) is 5.92 Å². The number of halogens is 3. The highest BCUT2D eigenvalue weighted by atomic mass is 19.4. The second-order valence-corrected chi connectivity index (χ2v) is 8.15. The van der Waals surface area contributed by atoms with Crippen molar-refractivity contribution in [2.45, 2.75) is 58.9 Å². The van der Waals surface area contributed by atoms with Crippen LogP contribution in [-0.4, -0.2) is 30.3 Å². The first-order valence-electron chi connectivity index (χ1n) is 7.86. The van der Waals surface area contributed by atoms with Crippen LogP contribution < -0.4 is 0 Å². The molecular formula is C16H21F3O4. The van der Waals surface area contributed by atoms with E-state index in [9.17, 15) is 22.8 Å². The molecule has 2 saturated carbocycles. The molecule has 1 aliphatic heterocycles. The molecule has 6 unspecified atom stereocenters. The van der Waals surface area contributed by atoms with E-state index in [0.29, 0.717) is 12.8 Å². The van der Waals surface area contributed by atoms with E-state index in [4.69, 9.17) is 9.47 Å². The van der Waals surface area contributed by atoms with Crippen molar-refractivity contribution in [1.29, 1.82) is 0 Å². The number of carbonyl (C=O) groups is 2. The highest BCUT2D eigenvalue weighted by molar-refractivity contribution is 5.80. The number of rotatable bonds is 2. The van der Waals surface area contributed by atoms with Gasteiger partial charge in [-0.2, -0.15) is 13.2 Å². The van der Waals surface area contributed by atoms with Gasteiger partial charge in [0.2, 0.25) is 0 Å². The zero-order valence-electron chi connectivity index (χ0n) is 13.6. The maximum absolute atomic E-state index is 13.6. The first kappa shape index (κ1) is 16.6. The fourth-order valence-corrected chi connectivity index (χ4v) is 4.15. The lowest BCUT2D eigenvalue weighted by molar-refractivity contribution is -0.260. The largest absolute Gasteiger partial charge is 0.458 e. The summed E-state index contributed by atoms with van der Waals surface area (Å²) in [4.78, 5) is 24.2. The van der Waals surface area contributed by atoms with E-state index in [1.807, 2.05) is 0 Å². The van der Waals surface area contributed by atoms with Crippen LogP contribution in [0.15, 0.2) is 0 Å². The van der Waals surface area contributed by atoms with Crippen LogP contribution in [0.2, 0.25) is 0 Å². The van der Waals surface area contributed by atoms with Gasteiger partial charge < -0.3 is 9.47 Å². The van der Waals surface area contributed by atoms with Gasteiger partial charge in [0.15, 0.2) is 5.41 Å². The maximum Gasteiger partial charge on any atom is 0.405 e. The Morgan fingerprint density at radius 3 is 2.30 bits per heavy atom. The van der Waals surface area contributed by atoms with Crippen molar-refractivity contribution < 1.29 is 32.2 Å². The van der Waals surface area contributed by atoms with Crippen LogP contribution in [0, 0.1) is 28.6 Å². The average molecular weight is 334 g/mol. The number of carbonyl (C=O) groups excluding carboxylic acids is 2. The number of fused-ring (bicyclic) bond motifs is 1. The standard InChI is InChI=1S/C16H21F3O4/c1-14(2,3)15(4,16(17,18)19)13(21)23-10-7-5-8-9(6-7)12(20)22-11(8)10/h7-11H,5-6H2,1-4H3. The van der Waals surface area contributed by atoms with E-state index in [2.05, 4.69) is 0 Å². The van der Waals surface area contributed by atoms with Gasteiger partial charge in [-0.1, -0.05) is 20.8 Å². The molecule has 0 amide bonds. The van der Waals surface area contributed by atoms with E-state index in [1.165, 1.54) is 20.8 Å². The Bertz CT molecular complexity index is 535. The Labute approximate surface area is 132 Å². The summed E-state index contributed by atoms with van der Waals surface area (Å²) in [5, 5.41) is 0. The third-order valence-electron chi connectivity index (χ3n) is 6.13. The molecule has 3 aliphatic rings. The second-order valence-electron chi connectivity index (χ2n) is 8.15. The molecule has 23 heavy (non-hydrogen) atoms. The molecule has 130 valence electrons. The smallest absolute Gasteiger partial charge is 0.405 e. The minimum Gasteiger partial charge on any atom is -0.458 e. The number of hydrogen-bond donors (Lipinski definition) is 0. The summed E-state index contributed by atoms with van der Waals surface area (Å²) in [6.07, 6.45) is -4.84. The molecule has 2 aliphatic carbocycles. The van der Waals surface area contributed by atoms with Gasteiger partial charge in [-0.3, -0.25) is 9.59 Å². The molecular weight excluding hydrogens is 313 g/mol. The first-order chi connectivity index (χ1) is 10.4. The van der Waals surface area contributed by atoms with Gasteiger partial charge in [-0.15, -0.1) is 0 Å². The Kier molecular flexibility index (Phi) is 3.34. The minimum atomic E-state index is -4.73. The third kappa shape index (κ3) is 2.11. The molecule has 4 nitrogen and oxygen atoms in total. The van der Waals surface area contributed by atoms with Crippen molar-refractivity contribution in [3.8, 4) is 0 Å². The van der Waals surface area contributed by atoms with Crippen LogP contribution in [0.25, 0.3) is 0 Å². The molecule has 2 bridgehead atoms. The van der Waals surface area contributed by atoms with Crippen molar-refractivity contribution in [3.63, 3.8) is 0 Å². The first-order valence-corrected chi connectivity index (χ1v) is 7.86. The molecule has 1 saturated heterocycles. The molecule has 0 aromatic carbocycles. The van der Waals surface area contributed by atoms with E-state index in [1.54, 1.807) is 0 Å². The summed E-state index contributed by atoms with van der Waals surface area (Å²) in [6, 6.07) is 0. The van der Waals surface area contributed by atoms with Crippen molar-refractivity contribution >= 4 is 11.9 Å². The lowest BCUT2D eigenvalue weighted by atomic mass is 9.67. The number of hydrogen-bond acceptors (Lipinski definition) is 4. The monoisotopic (exact) mass is 334 g/mol. The molecule has 0 aromatic heterocycles. The number of alkyl halides is 3. The highest BCUT2D eigenvalue weighted by Gasteiger charge is 2.67. The molecule has 3 rings (SSSR count).